The molecule has 0 amide bonds. The lowest BCUT2D eigenvalue weighted by molar-refractivity contribution is -0.146. The van der Waals surface area contributed by atoms with E-state index >= 15 is 0 Å². The molecule has 1 unspecified atom stereocenters. The molecule has 0 saturated heterocycles. The number of aliphatic hydroxyl groups is 1. The van der Waals surface area contributed by atoms with Crippen molar-refractivity contribution in [2.24, 2.45) is 0 Å². The highest BCUT2D eigenvalue weighted by Crippen LogP contribution is 2.27. The van der Waals surface area contributed by atoms with Crippen LogP contribution >= 0.6 is 23.2 Å². The van der Waals surface area contributed by atoms with E-state index in [2.05, 4.69) is 0 Å². The Labute approximate surface area is 88.7 Å². The SMILES string of the molecule is O=C(O)C(O)c1cc(Cl)c(F)c(Cl)c1. The number of halogens is 3. The van der Waals surface area contributed by atoms with Crippen LogP contribution in [0.5, 0.6) is 0 Å². The van der Waals surface area contributed by atoms with E-state index in [-0.39, 0.29) is 15.6 Å². The summed E-state index contributed by atoms with van der Waals surface area (Å²) in [5.74, 6) is -2.29. The number of aliphatic hydroxyl groups excluding tert-OH is 1. The lowest BCUT2D eigenvalue weighted by Crippen LogP contribution is -2.10. The molecule has 1 rings (SSSR count). The first-order valence-corrected chi connectivity index (χ1v) is 4.24. The van der Waals surface area contributed by atoms with Crippen molar-refractivity contribution in [3.63, 3.8) is 0 Å². The number of hydrogen-bond donors (Lipinski definition) is 2. The van der Waals surface area contributed by atoms with E-state index in [4.69, 9.17) is 33.4 Å². The summed E-state index contributed by atoms with van der Waals surface area (Å²) in [5.41, 5.74) is -0.0612. The van der Waals surface area contributed by atoms with Gasteiger partial charge in [-0.2, -0.15) is 0 Å². The second kappa shape index (κ2) is 4.13. The highest BCUT2D eigenvalue weighted by atomic mass is 35.5. The maximum atomic E-state index is 12.9. The molecule has 1 aromatic rings. The molecule has 0 radical (unpaired) electrons. The summed E-state index contributed by atoms with van der Waals surface area (Å²) >= 11 is 10.8. The molecule has 1 atom stereocenters. The Hall–Kier alpha value is -0.840. The van der Waals surface area contributed by atoms with Gasteiger partial charge in [0.15, 0.2) is 11.9 Å². The largest absolute Gasteiger partial charge is 0.479 e. The third-order valence-electron chi connectivity index (χ3n) is 1.56. The molecule has 1 aromatic carbocycles. The minimum absolute atomic E-state index is 0.0612. The molecule has 0 spiro atoms. The van der Waals surface area contributed by atoms with Crippen molar-refractivity contribution in [1.82, 2.24) is 0 Å². The van der Waals surface area contributed by atoms with Crippen LogP contribution in [0, 0.1) is 5.82 Å². The van der Waals surface area contributed by atoms with Crippen molar-refractivity contribution in [2.75, 3.05) is 0 Å². The second-order valence-corrected chi connectivity index (χ2v) is 3.35. The Morgan fingerprint density at radius 1 is 1.36 bits per heavy atom. The van der Waals surface area contributed by atoms with Crippen LogP contribution in [0.3, 0.4) is 0 Å². The van der Waals surface area contributed by atoms with Crippen LogP contribution in [-0.4, -0.2) is 16.2 Å². The summed E-state index contributed by atoms with van der Waals surface area (Å²) < 4.78 is 12.9. The topological polar surface area (TPSA) is 57.5 Å². The summed E-state index contributed by atoms with van der Waals surface area (Å²) in [6, 6.07) is 2.03. The number of carboxylic acids is 1. The van der Waals surface area contributed by atoms with Crippen LogP contribution in [0.25, 0.3) is 0 Å². The lowest BCUT2D eigenvalue weighted by atomic mass is 10.1. The standard InChI is InChI=1S/C8H5Cl2FO3/c9-4-1-3(7(12)8(13)14)2-5(10)6(4)11/h1-2,7,12H,(H,13,14). The van der Waals surface area contributed by atoms with Crippen LogP contribution < -0.4 is 0 Å². The number of aliphatic carboxylic acids is 1. The zero-order valence-corrected chi connectivity index (χ0v) is 8.18. The van der Waals surface area contributed by atoms with Gasteiger partial charge in [-0.1, -0.05) is 23.2 Å². The predicted octanol–water partition coefficient (Wildman–Crippen LogP) is 2.25. The van der Waals surface area contributed by atoms with Gasteiger partial charge in [0, 0.05) is 0 Å². The Morgan fingerprint density at radius 2 is 1.79 bits per heavy atom. The summed E-state index contributed by atoms with van der Waals surface area (Å²) in [5, 5.41) is 16.9. The van der Waals surface area contributed by atoms with Crippen LogP contribution in [0.15, 0.2) is 12.1 Å². The maximum Gasteiger partial charge on any atom is 0.337 e. The van der Waals surface area contributed by atoms with Crippen molar-refractivity contribution in [3.8, 4) is 0 Å². The summed E-state index contributed by atoms with van der Waals surface area (Å²) in [7, 11) is 0. The van der Waals surface area contributed by atoms with Crippen molar-refractivity contribution in [3.05, 3.63) is 33.6 Å². The Balaban J connectivity index is 3.19. The van der Waals surface area contributed by atoms with E-state index in [1.165, 1.54) is 0 Å². The first kappa shape index (κ1) is 11.2. The summed E-state index contributed by atoms with van der Waals surface area (Å²) in [6.07, 6.45) is -1.76. The number of benzene rings is 1. The first-order chi connectivity index (χ1) is 6.43. The van der Waals surface area contributed by atoms with E-state index < -0.39 is 17.9 Å². The molecule has 0 heterocycles. The molecule has 0 aliphatic rings. The lowest BCUT2D eigenvalue weighted by Gasteiger charge is -2.07. The monoisotopic (exact) mass is 238 g/mol. The van der Waals surface area contributed by atoms with Gasteiger partial charge in [0.2, 0.25) is 0 Å². The van der Waals surface area contributed by atoms with Gasteiger partial charge in [-0.25, -0.2) is 9.18 Å². The van der Waals surface area contributed by atoms with Gasteiger partial charge in [-0.15, -0.1) is 0 Å². The van der Waals surface area contributed by atoms with Gasteiger partial charge in [0.05, 0.1) is 10.0 Å². The van der Waals surface area contributed by atoms with Crippen molar-refractivity contribution in [2.45, 2.75) is 6.10 Å². The number of rotatable bonds is 2. The average molecular weight is 239 g/mol. The van der Waals surface area contributed by atoms with E-state index in [0.717, 1.165) is 12.1 Å². The van der Waals surface area contributed by atoms with Gasteiger partial charge in [-0.3, -0.25) is 0 Å². The molecule has 76 valence electrons. The quantitative estimate of drug-likeness (QED) is 0.778. The Kier molecular flexibility index (Phi) is 3.31. The Morgan fingerprint density at radius 3 is 2.14 bits per heavy atom. The van der Waals surface area contributed by atoms with Crippen molar-refractivity contribution in [1.29, 1.82) is 0 Å². The molecule has 0 aliphatic carbocycles. The molecule has 6 heteroatoms. The predicted molar refractivity (Wildman–Crippen MR) is 49.0 cm³/mol. The molecule has 0 bridgehead atoms. The fourth-order valence-corrected chi connectivity index (χ4v) is 1.38. The minimum atomic E-state index is -1.76. The number of hydrogen-bond acceptors (Lipinski definition) is 2. The Bertz CT molecular complexity index is 358. The van der Waals surface area contributed by atoms with Crippen molar-refractivity contribution < 1.29 is 19.4 Å². The minimum Gasteiger partial charge on any atom is -0.479 e. The van der Waals surface area contributed by atoms with Crippen LogP contribution in [0.4, 0.5) is 4.39 Å². The third kappa shape index (κ3) is 2.15. The molecular weight excluding hydrogens is 234 g/mol. The molecule has 0 saturated carbocycles. The third-order valence-corrected chi connectivity index (χ3v) is 2.11. The zero-order chi connectivity index (χ0) is 10.9. The maximum absolute atomic E-state index is 12.9. The number of carboxylic acid groups (broad SMARTS) is 1. The highest BCUT2D eigenvalue weighted by Gasteiger charge is 2.18. The van der Waals surface area contributed by atoms with Gasteiger partial charge in [0.25, 0.3) is 0 Å². The normalized spacial score (nSPS) is 12.6. The molecule has 3 nitrogen and oxygen atoms in total. The molecule has 0 aromatic heterocycles. The van der Waals surface area contributed by atoms with Gasteiger partial charge >= 0.3 is 5.97 Å². The van der Waals surface area contributed by atoms with Crippen molar-refractivity contribution >= 4 is 29.2 Å². The van der Waals surface area contributed by atoms with E-state index in [1.807, 2.05) is 0 Å². The van der Waals surface area contributed by atoms with Gasteiger partial charge in [0.1, 0.15) is 0 Å². The van der Waals surface area contributed by atoms with Crippen LogP contribution in [0.2, 0.25) is 10.0 Å². The molecule has 14 heavy (non-hydrogen) atoms. The van der Waals surface area contributed by atoms with Crippen LogP contribution in [0.1, 0.15) is 11.7 Å². The van der Waals surface area contributed by atoms with E-state index in [0.29, 0.717) is 0 Å². The molecular formula is C8H5Cl2FO3. The highest BCUT2D eigenvalue weighted by molar-refractivity contribution is 6.35. The smallest absolute Gasteiger partial charge is 0.337 e. The summed E-state index contributed by atoms with van der Waals surface area (Å²) in [4.78, 5) is 10.4. The fourth-order valence-electron chi connectivity index (χ4n) is 0.876. The first-order valence-electron chi connectivity index (χ1n) is 3.48. The van der Waals surface area contributed by atoms with E-state index in [9.17, 15) is 9.18 Å². The fraction of sp³-hybridized carbons (Fsp3) is 0.125. The number of carbonyl (C=O) groups is 1. The van der Waals surface area contributed by atoms with Gasteiger partial charge < -0.3 is 10.2 Å². The van der Waals surface area contributed by atoms with Gasteiger partial charge in [-0.05, 0) is 17.7 Å². The second-order valence-electron chi connectivity index (χ2n) is 2.54. The van der Waals surface area contributed by atoms with E-state index in [1.54, 1.807) is 0 Å². The van der Waals surface area contributed by atoms with Crippen LogP contribution in [-0.2, 0) is 4.79 Å². The average Bonchev–Trinajstić information content (AvgIpc) is 2.12. The molecule has 0 fully saturated rings. The molecule has 0 aliphatic heterocycles. The summed E-state index contributed by atoms with van der Waals surface area (Å²) in [6.45, 7) is 0. The molecule has 2 N–H and O–H groups in total. The zero-order valence-electron chi connectivity index (χ0n) is 6.67.